The van der Waals surface area contributed by atoms with Crippen molar-refractivity contribution in [3.8, 4) is 0 Å². The fraction of sp³-hybridized carbons (Fsp3) is 0.444. The summed E-state index contributed by atoms with van der Waals surface area (Å²) in [7, 11) is 0. The van der Waals surface area contributed by atoms with Gasteiger partial charge in [0, 0.05) is 19.4 Å². The van der Waals surface area contributed by atoms with Crippen LogP contribution >= 0.6 is 0 Å². The zero-order valence-corrected chi connectivity index (χ0v) is 14.6. The first kappa shape index (κ1) is 15.8. The van der Waals surface area contributed by atoms with E-state index < -0.39 is 0 Å². The molecule has 1 aliphatic heterocycles. The predicted molar refractivity (Wildman–Crippen MR) is 93.9 cm³/mol. The SMILES string of the molecule is CCCN1Cc2nnc(CCc3nc4ccccc4[nH]3)n2[C@@H](C)C1=O. The number of para-hydroxylation sites is 2. The highest BCUT2D eigenvalue weighted by atomic mass is 16.2. The van der Waals surface area contributed by atoms with Gasteiger partial charge in [0.1, 0.15) is 17.7 Å². The van der Waals surface area contributed by atoms with Crippen molar-refractivity contribution in [2.45, 2.75) is 45.7 Å². The Morgan fingerprint density at radius 3 is 2.88 bits per heavy atom. The van der Waals surface area contributed by atoms with Crippen LogP contribution in [0.5, 0.6) is 0 Å². The van der Waals surface area contributed by atoms with Crippen molar-refractivity contribution in [1.29, 1.82) is 0 Å². The Morgan fingerprint density at radius 2 is 2.08 bits per heavy atom. The topological polar surface area (TPSA) is 79.7 Å². The molecule has 25 heavy (non-hydrogen) atoms. The lowest BCUT2D eigenvalue weighted by Gasteiger charge is -2.31. The normalized spacial score (nSPS) is 17.3. The largest absolute Gasteiger partial charge is 0.342 e. The van der Waals surface area contributed by atoms with E-state index in [2.05, 4.69) is 27.1 Å². The van der Waals surface area contributed by atoms with Crippen molar-refractivity contribution < 1.29 is 4.79 Å². The maximum Gasteiger partial charge on any atom is 0.245 e. The van der Waals surface area contributed by atoms with Gasteiger partial charge in [-0.3, -0.25) is 4.79 Å². The molecule has 7 nitrogen and oxygen atoms in total. The summed E-state index contributed by atoms with van der Waals surface area (Å²) in [5.74, 6) is 2.81. The standard InChI is InChI=1S/C18H22N6O/c1-3-10-23-11-17-22-21-16(24(17)12(2)18(23)25)9-8-15-19-13-6-4-5-7-14(13)20-15/h4-7,12H,3,8-11H2,1-2H3,(H,19,20)/t12-/m0/s1. The minimum atomic E-state index is -0.240. The van der Waals surface area contributed by atoms with E-state index >= 15 is 0 Å². The van der Waals surface area contributed by atoms with Crippen molar-refractivity contribution in [3.05, 3.63) is 41.7 Å². The number of aromatic nitrogens is 5. The first-order valence-corrected chi connectivity index (χ1v) is 8.82. The van der Waals surface area contributed by atoms with Gasteiger partial charge in [0.2, 0.25) is 5.91 Å². The number of hydrogen-bond acceptors (Lipinski definition) is 4. The molecule has 0 radical (unpaired) electrons. The summed E-state index contributed by atoms with van der Waals surface area (Å²) in [5, 5.41) is 8.66. The molecule has 4 rings (SSSR count). The summed E-state index contributed by atoms with van der Waals surface area (Å²) >= 11 is 0. The molecule has 0 fully saturated rings. The molecule has 0 spiro atoms. The molecular weight excluding hydrogens is 316 g/mol. The molecule has 0 saturated carbocycles. The zero-order chi connectivity index (χ0) is 17.4. The first-order chi connectivity index (χ1) is 12.2. The number of H-pyrrole nitrogens is 1. The second-order valence-electron chi connectivity index (χ2n) is 6.54. The zero-order valence-electron chi connectivity index (χ0n) is 14.6. The summed E-state index contributed by atoms with van der Waals surface area (Å²) in [6.07, 6.45) is 2.40. The van der Waals surface area contributed by atoms with Crippen molar-refractivity contribution in [2.24, 2.45) is 0 Å². The molecule has 1 aromatic carbocycles. The number of aryl methyl sites for hydroxylation is 2. The minimum absolute atomic E-state index is 0.152. The number of carbonyl (C=O) groups excluding carboxylic acids is 1. The third kappa shape index (κ3) is 2.79. The number of amides is 1. The lowest BCUT2D eigenvalue weighted by Crippen LogP contribution is -2.42. The van der Waals surface area contributed by atoms with Crippen LogP contribution in [-0.2, 0) is 24.2 Å². The summed E-state index contributed by atoms with van der Waals surface area (Å²) in [6.45, 7) is 5.33. The second kappa shape index (κ2) is 6.31. The maximum absolute atomic E-state index is 12.6. The molecule has 2 aromatic heterocycles. The number of carbonyl (C=O) groups is 1. The van der Waals surface area contributed by atoms with Crippen LogP contribution in [0, 0.1) is 0 Å². The number of benzene rings is 1. The van der Waals surface area contributed by atoms with Gasteiger partial charge in [-0.2, -0.15) is 0 Å². The Morgan fingerprint density at radius 1 is 1.24 bits per heavy atom. The maximum atomic E-state index is 12.6. The van der Waals surface area contributed by atoms with E-state index in [1.165, 1.54) is 0 Å². The molecule has 0 unspecified atom stereocenters. The van der Waals surface area contributed by atoms with Crippen LogP contribution in [-0.4, -0.2) is 42.1 Å². The van der Waals surface area contributed by atoms with Crippen molar-refractivity contribution in [3.63, 3.8) is 0 Å². The Balaban J connectivity index is 1.54. The van der Waals surface area contributed by atoms with E-state index in [9.17, 15) is 4.79 Å². The average molecular weight is 338 g/mol. The van der Waals surface area contributed by atoms with E-state index in [4.69, 9.17) is 0 Å². The molecule has 1 amide bonds. The fourth-order valence-electron chi connectivity index (χ4n) is 3.52. The number of aromatic amines is 1. The van der Waals surface area contributed by atoms with Gasteiger partial charge in [0.25, 0.3) is 0 Å². The summed E-state index contributed by atoms with van der Waals surface area (Å²) in [5.41, 5.74) is 2.01. The van der Waals surface area contributed by atoms with Crippen molar-refractivity contribution in [2.75, 3.05) is 6.54 Å². The van der Waals surface area contributed by atoms with Crippen LogP contribution in [0.15, 0.2) is 24.3 Å². The van der Waals surface area contributed by atoms with Crippen LogP contribution in [0.25, 0.3) is 11.0 Å². The van der Waals surface area contributed by atoms with Crippen molar-refractivity contribution in [1.82, 2.24) is 29.6 Å². The quantitative estimate of drug-likeness (QED) is 0.774. The minimum Gasteiger partial charge on any atom is -0.342 e. The van der Waals surface area contributed by atoms with Crippen LogP contribution in [0.2, 0.25) is 0 Å². The number of imidazole rings is 1. The molecule has 1 aliphatic rings. The molecule has 3 heterocycles. The lowest BCUT2D eigenvalue weighted by molar-refractivity contribution is -0.137. The Labute approximate surface area is 146 Å². The van der Waals surface area contributed by atoms with Crippen molar-refractivity contribution >= 4 is 16.9 Å². The average Bonchev–Trinajstić information content (AvgIpc) is 3.21. The number of nitrogens with zero attached hydrogens (tertiary/aromatic N) is 5. The lowest BCUT2D eigenvalue weighted by atomic mass is 10.2. The Kier molecular flexibility index (Phi) is 3.99. The molecule has 1 atom stereocenters. The van der Waals surface area contributed by atoms with E-state index in [0.717, 1.165) is 47.9 Å². The van der Waals surface area contributed by atoms with Gasteiger partial charge in [-0.25, -0.2) is 4.98 Å². The van der Waals surface area contributed by atoms with Gasteiger partial charge in [-0.1, -0.05) is 19.1 Å². The highest BCUT2D eigenvalue weighted by molar-refractivity contribution is 5.81. The van der Waals surface area contributed by atoms with Crippen LogP contribution < -0.4 is 0 Å². The third-order valence-corrected chi connectivity index (χ3v) is 4.74. The number of rotatable bonds is 5. The Hall–Kier alpha value is -2.70. The molecule has 0 aliphatic carbocycles. The highest BCUT2D eigenvalue weighted by Crippen LogP contribution is 2.23. The van der Waals surface area contributed by atoms with Crippen LogP contribution in [0.3, 0.4) is 0 Å². The third-order valence-electron chi connectivity index (χ3n) is 4.74. The molecule has 0 saturated heterocycles. The molecule has 1 N–H and O–H groups in total. The van der Waals surface area contributed by atoms with E-state index in [1.807, 2.05) is 40.7 Å². The second-order valence-corrected chi connectivity index (χ2v) is 6.54. The van der Waals surface area contributed by atoms with Crippen LogP contribution in [0.4, 0.5) is 0 Å². The summed E-state index contributed by atoms with van der Waals surface area (Å²) in [6, 6.07) is 7.76. The summed E-state index contributed by atoms with van der Waals surface area (Å²) in [4.78, 5) is 22.4. The van der Waals surface area contributed by atoms with E-state index in [-0.39, 0.29) is 11.9 Å². The molecule has 3 aromatic rings. The van der Waals surface area contributed by atoms with E-state index in [1.54, 1.807) is 0 Å². The predicted octanol–water partition coefficient (Wildman–Crippen LogP) is 2.25. The van der Waals surface area contributed by atoms with Gasteiger partial charge in [-0.15, -0.1) is 10.2 Å². The summed E-state index contributed by atoms with van der Waals surface area (Å²) < 4.78 is 2.00. The van der Waals surface area contributed by atoms with Crippen LogP contribution in [0.1, 0.15) is 43.8 Å². The molecule has 130 valence electrons. The van der Waals surface area contributed by atoms with E-state index in [0.29, 0.717) is 13.0 Å². The fourth-order valence-corrected chi connectivity index (χ4v) is 3.52. The van der Waals surface area contributed by atoms with Gasteiger partial charge < -0.3 is 14.5 Å². The smallest absolute Gasteiger partial charge is 0.245 e. The monoisotopic (exact) mass is 338 g/mol. The Bertz CT molecular complexity index is 878. The first-order valence-electron chi connectivity index (χ1n) is 8.82. The number of nitrogens with one attached hydrogen (secondary N) is 1. The number of hydrogen-bond donors (Lipinski definition) is 1. The number of fused-ring (bicyclic) bond motifs is 2. The molecule has 0 bridgehead atoms. The van der Waals surface area contributed by atoms with Gasteiger partial charge in [0.15, 0.2) is 5.82 Å². The van der Waals surface area contributed by atoms with Gasteiger partial charge in [-0.05, 0) is 25.5 Å². The van der Waals surface area contributed by atoms with Gasteiger partial charge in [0.05, 0.1) is 17.6 Å². The molecular formula is C18H22N6O. The molecule has 7 heteroatoms. The highest BCUT2D eigenvalue weighted by Gasteiger charge is 2.32. The van der Waals surface area contributed by atoms with Gasteiger partial charge >= 0.3 is 0 Å².